The maximum Gasteiger partial charge on any atom is 0.319 e. The largest absolute Gasteiger partial charge is 0.379 e. The summed E-state index contributed by atoms with van der Waals surface area (Å²) in [6.45, 7) is 2.91. The zero-order valence-corrected chi connectivity index (χ0v) is 17.3. The van der Waals surface area contributed by atoms with Crippen LogP contribution in [0.1, 0.15) is 38.6 Å². The predicted octanol–water partition coefficient (Wildman–Crippen LogP) is 2.54. The van der Waals surface area contributed by atoms with Gasteiger partial charge in [-0.05, 0) is 26.2 Å². The van der Waals surface area contributed by atoms with E-state index in [4.69, 9.17) is 9.47 Å². The molecule has 1 fully saturated rings. The summed E-state index contributed by atoms with van der Waals surface area (Å²) in [5.74, 6) is 0.803. The molecular formula is C16H28F2IN5O2. The molecule has 1 aliphatic rings. The van der Waals surface area contributed by atoms with Gasteiger partial charge in [0.1, 0.15) is 12.4 Å². The van der Waals surface area contributed by atoms with E-state index in [9.17, 15) is 8.78 Å². The number of nitrogens with zero attached hydrogens (tertiary/aromatic N) is 3. The second-order valence-corrected chi connectivity index (χ2v) is 5.71. The molecule has 150 valence electrons. The predicted molar refractivity (Wildman–Crippen MR) is 106 cm³/mol. The van der Waals surface area contributed by atoms with Crippen LogP contribution in [-0.4, -0.2) is 54.5 Å². The highest BCUT2D eigenvalue weighted by molar-refractivity contribution is 14.0. The van der Waals surface area contributed by atoms with Crippen molar-refractivity contribution in [1.29, 1.82) is 0 Å². The minimum atomic E-state index is -2.61. The number of alkyl halides is 2. The third kappa shape index (κ3) is 8.12. The fraction of sp³-hybridized carbons (Fsp3) is 0.750. The van der Waals surface area contributed by atoms with E-state index in [1.807, 2.05) is 6.92 Å². The van der Waals surface area contributed by atoms with Crippen molar-refractivity contribution in [1.82, 2.24) is 20.2 Å². The van der Waals surface area contributed by atoms with E-state index < -0.39 is 6.55 Å². The fourth-order valence-corrected chi connectivity index (χ4v) is 2.51. The Morgan fingerprint density at radius 1 is 1.50 bits per heavy atom. The first-order valence-electron chi connectivity index (χ1n) is 8.72. The quantitative estimate of drug-likeness (QED) is 0.230. The van der Waals surface area contributed by atoms with E-state index >= 15 is 0 Å². The summed E-state index contributed by atoms with van der Waals surface area (Å²) in [5, 5.41) is 6.25. The highest BCUT2D eigenvalue weighted by Gasteiger charge is 2.15. The summed E-state index contributed by atoms with van der Waals surface area (Å²) in [4.78, 5) is 8.21. The van der Waals surface area contributed by atoms with Crippen LogP contribution in [0.5, 0.6) is 0 Å². The van der Waals surface area contributed by atoms with E-state index in [1.54, 1.807) is 0 Å². The number of guanidine groups is 1. The third-order valence-electron chi connectivity index (χ3n) is 3.77. The van der Waals surface area contributed by atoms with Crippen LogP contribution in [-0.2, 0) is 16.0 Å². The SMILES string of the molecule is CCNC(=NCc1nccn1C(F)F)NCCCOCC1CCCO1.I. The molecule has 10 heteroatoms. The summed E-state index contributed by atoms with van der Waals surface area (Å²) >= 11 is 0. The van der Waals surface area contributed by atoms with Crippen LogP contribution >= 0.6 is 24.0 Å². The van der Waals surface area contributed by atoms with Gasteiger partial charge in [-0.25, -0.2) is 9.98 Å². The lowest BCUT2D eigenvalue weighted by Gasteiger charge is -2.13. The standard InChI is InChI=1S/C16H27F2N5O2.HI/c1-2-19-16(22-11-14-20-7-8-23(14)15(17)18)21-6-4-9-24-12-13-5-3-10-25-13;/h7-8,13,15H,2-6,9-12H2,1H3,(H2,19,21,22);1H. The Balaban J connectivity index is 0.00000338. The second-order valence-electron chi connectivity index (χ2n) is 5.71. The van der Waals surface area contributed by atoms with Crippen molar-refractivity contribution >= 4 is 29.9 Å². The first kappa shape index (κ1) is 23.0. The maximum absolute atomic E-state index is 12.8. The number of aromatic nitrogens is 2. The topological polar surface area (TPSA) is 72.7 Å². The number of imidazole rings is 1. The molecule has 0 spiro atoms. The minimum Gasteiger partial charge on any atom is -0.379 e. The van der Waals surface area contributed by atoms with Crippen molar-refractivity contribution in [3.05, 3.63) is 18.2 Å². The first-order chi connectivity index (χ1) is 12.2. The summed E-state index contributed by atoms with van der Waals surface area (Å²) in [6, 6.07) is 0. The Bertz CT molecular complexity index is 524. The highest BCUT2D eigenvalue weighted by Crippen LogP contribution is 2.13. The Kier molecular flexibility index (Phi) is 11.7. The Morgan fingerprint density at radius 3 is 3.04 bits per heavy atom. The molecule has 1 aromatic rings. The molecule has 1 saturated heterocycles. The average Bonchev–Trinajstić information content (AvgIpc) is 3.26. The van der Waals surface area contributed by atoms with E-state index in [0.29, 0.717) is 32.3 Å². The van der Waals surface area contributed by atoms with Gasteiger partial charge in [0.2, 0.25) is 0 Å². The lowest BCUT2D eigenvalue weighted by molar-refractivity contribution is 0.0168. The lowest BCUT2D eigenvalue weighted by Crippen LogP contribution is -2.38. The summed E-state index contributed by atoms with van der Waals surface area (Å²) < 4.78 is 37.5. The van der Waals surface area contributed by atoms with E-state index in [2.05, 4.69) is 20.6 Å². The summed E-state index contributed by atoms with van der Waals surface area (Å²) in [6.07, 6.45) is 5.85. The summed E-state index contributed by atoms with van der Waals surface area (Å²) in [7, 11) is 0. The number of hydrogen-bond donors (Lipinski definition) is 2. The van der Waals surface area contributed by atoms with Crippen LogP contribution in [0.3, 0.4) is 0 Å². The third-order valence-corrected chi connectivity index (χ3v) is 3.77. The van der Waals surface area contributed by atoms with Crippen LogP contribution in [0, 0.1) is 0 Å². The number of hydrogen-bond acceptors (Lipinski definition) is 4. The smallest absolute Gasteiger partial charge is 0.319 e. The molecule has 7 nitrogen and oxygen atoms in total. The minimum absolute atomic E-state index is 0. The zero-order chi connectivity index (χ0) is 17.9. The first-order valence-corrected chi connectivity index (χ1v) is 8.72. The van der Waals surface area contributed by atoms with Gasteiger partial charge in [0.15, 0.2) is 5.96 Å². The van der Waals surface area contributed by atoms with Crippen molar-refractivity contribution in [3.8, 4) is 0 Å². The molecule has 26 heavy (non-hydrogen) atoms. The zero-order valence-electron chi connectivity index (χ0n) is 15.0. The molecule has 1 aromatic heterocycles. The fourth-order valence-electron chi connectivity index (χ4n) is 2.51. The van der Waals surface area contributed by atoms with Gasteiger partial charge in [-0.1, -0.05) is 0 Å². The molecule has 0 radical (unpaired) electrons. The molecule has 0 amide bonds. The molecule has 0 aliphatic carbocycles. The summed E-state index contributed by atoms with van der Waals surface area (Å²) in [5.41, 5.74) is 0. The maximum atomic E-state index is 12.8. The normalized spacial score (nSPS) is 17.4. The number of aliphatic imine (C=N–C) groups is 1. The lowest BCUT2D eigenvalue weighted by atomic mass is 10.2. The molecule has 0 saturated carbocycles. The molecule has 1 aliphatic heterocycles. The molecule has 2 N–H and O–H groups in total. The van der Waals surface area contributed by atoms with Gasteiger partial charge >= 0.3 is 6.55 Å². The number of rotatable bonds is 10. The van der Waals surface area contributed by atoms with Crippen molar-refractivity contribution in [2.75, 3.05) is 32.9 Å². The molecule has 2 heterocycles. The number of ether oxygens (including phenoxy) is 2. The second kappa shape index (κ2) is 13.2. The van der Waals surface area contributed by atoms with Crippen LogP contribution in [0.25, 0.3) is 0 Å². The van der Waals surface area contributed by atoms with E-state index in [1.165, 1.54) is 12.4 Å². The van der Waals surface area contributed by atoms with Gasteiger partial charge in [0, 0.05) is 38.7 Å². The molecule has 0 bridgehead atoms. The Hall–Kier alpha value is -1.01. The van der Waals surface area contributed by atoms with E-state index in [-0.39, 0.29) is 42.4 Å². The Morgan fingerprint density at radius 2 is 2.35 bits per heavy atom. The highest BCUT2D eigenvalue weighted by atomic mass is 127. The van der Waals surface area contributed by atoms with Crippen LogP contribution in [0.15, 0.2) is 17.4 Å². The van der Waals surface area contributed by atoms with Crippen LogP contribution in [0.2, 0.25) is 0 Å². The molecular weight excluding hydrogens is 459 g/mol. The van der Waals surface area contributed by atoms with Crippen LogP contribution < -0.4 is 10.6 Å². The van der Waals surface area contributed by atoms with Crippen molar-refractivity contribution in [2.45, 2.75) is 45.4 Å². The monoisotopic (exact) mass is 487 g/mol. The molecule has 0 aromatic carbocycles. The van der Waals surface area contributed by atoms with Crippen molar-refractivity contribution in [3.63, 3.8) is 0 Å². The number of nitrogens with one attached hydrogen (secondary N) is 2. The average molecular weight is 487 g/mol. The van der Waals surface area contributed by atoms with Gasteiger partial charge in [0.25, 0.3) is 0 Å². The van der Waals surface area contributed by atoms with Gasteiger partial charge in [-0.2, -0.15) is 8.78 Å². The van der Waals surface area contributed by atoms with Crippen LogP contribution in [0.4, 0.5) is 8.78 Å². The van der Waals surface area contributed by atoms with Gasteiger partial charge in [0.05, 0.1) is 12.7 Å². The van der Waals surface area contributed by atoms with Crippen molar-refractivity contribution < 1.29 is 18.3 Å². The van der Waals surface area contributed by atoms with Crippen molar-refractivity contribution in [2.24, 2.45) is 4.99 Å². The molecule has 1 atom stereocenters. The van der Waals surface area contributed by atoms with E-state index in [0.717, 1.165) is 30.4 Å². The number of halogens is 3. The van der Waals surface area contributed by atoms with Gasteiger partial charge < -0.3 is 20.1 Å². The van der Waals surface area contributed by atoms with Gasteiger partial charge in [-0.3, -0.25) is 4.57 Å². The molecule has 2 rings (SSSR count). The Labute approximate surface area is 170 Å². The molecule has 1 unspecified atom stereocenters. The van der Waals surface area contributed by atoms with Gasteiger partial charge in [-0.15, -0.1) is 24.0 Å².